The number of nitrogens with zero attached hydrogens (tertiary/aromatic N) is 3. The number of carbonyl (C=O) groups is 2. The fraction of sp³-hybridized carbons (Fsp3) is 0.526. The number of hydrogen-bond donors (Lipinski definition) is 3. The minimum absolute atomic E-state index is 0.0544. The number of guanidine groups is 1. The number of urea groups is 1. The lowest BCUT2D eigenvalue weighted by atomic mass is 10.0. The molecule has 3 amide bonds. The van der Waals surface area contributed by atoms with Gasteiger partial charge in [0.05, 0.1) is 19.6 Å². The van der Waals surface area contributed by atoms with Gasteiger partial charge >= 0.3 is 6.03 Å². The average molecular weight is 390 g/mol. The van der Waals surface area contributed by atoms with Crippen LogP contribution in [0.25, 0.3) is 0 Å². The first-order valence-corrected chi connectivity index (χ1v) is 9.70. The van der Waals surface area contributed by atoms with Crippen LogP contribution in [0.4, 0.5) is 14.9 Å². The number of carbonyl (C=O) groups excluding carboxylic acids is 2. The molecule has 28 heavy (non-hydrogen) atoms. The minimum atomic E-state index is -0.365. The maximum Gasteiger partial charge on any atom is 0.324 e. The third kappa shape index (κ3) is 5.11. The molecule has 2 aliphatic rings. The van der Waals surface area contributed by atoms with Gasteiger partial charge in [-0.3, -0.25) is 14.7 Å². The molecule has 2 fully saturated rings. The van der Waals surface area contributed by atoms with Crippen LogP contribution in [0.5, 0.6) is 0 Å². The predicted molar refractivity (Wildman–Crippen MR) is 106 cm³/mol. The summed E-state index contributed by atoms with van der Waals surface area (Å²) in [5.41, 5.74) is 0.881. The molecule has 8 nitrogen and oxygen atoms in total. The second-order valence-corrected chi connectivity index (χ2v) is 6.87. The summed E-state index contributed by atoms with van der Waals surface area (Å²) in [6.45, 7) is 4.96. The summed E-state index contributed by atoms with van der Waals surface area (Å²) in [6.07, 6.45) is 1.99. The van der Waals surface area contributed by atoms with Gasteiger partial charge in [0.2, 0.25) is 5.91 Å². The van der Waals surface area contributed by atoms with Crippen LogP contribution in [0.1, 0.15) is 19.8 Å². The summed E-state index contributed by atoms with van der Waals surface area (Å²) in [4.78, 5) is 31.0. The van der Waals surface area contributed by atoms with Gasteiger partial charge in [-0.1, -0.05) is 6.07 Å². The van der Waals surface area contributed by atoms with Crippen molar-refractivity contribution in [2.24, 2.45) is 4.99 Å². The number of amides is 3. The highest BCUT2D eigenvalue weighted by Crippen LogP contribution is 2.20. The van der Waals surface area contributed by atoms with E-state index in [2.05, 4.69) is 25.8 Å². The van der Waals surface area contributed by atoms with Crippen molar-refractivity contribution >= 4 is 23.6 Å². The standard InChI is InChI=1S/C19H27FN6O2/c1-2-21-18(22-8-10-26-17(27)12-23-19(26)28)24-15-6-4-9-25(13-15)16-7-3-5-14(20)11-16/h3,5,7,11,15H,2,4,6,8-10,12-13H2,1H3,(H,23,28)(H2,21,22,24). The van der Waals surface area contributed by atoms with Crippen LogP contribution in [0.15, 0.2) is 29.3 Å². The SMILES string of the molecule is CCNC(=NCCN1C(=O)CNC1=O)NC1CCCN(c2cccc(F)c2)C1. The van der Waals surface area contributed by atoms with Crippen molar-refractivity contribution in [2.75, 3.05) is 44.2 Å². The van der Waals surface area contributed by atoms with E-state index in [1.807, 2.05) is 13.0 Å². The van der Waals surface area contributed by atoms with Crippen molar-refractivity contribution < 1.29 is 14.0 Å². The summed E-state index contributed by atoms with van der Waals surface area (Å²) in [5.74, 6) is 0.194. The molecule has 1 aromatic carbocycles. The number of hydrogen-bond acceptors (Lipinski definition) is 4. The molecule has 0 radical (unpaired) electrons. The summed E-state index contributed by atoms with van der Waals surface area (Å²) in [7, 11) is 0. The van der Waals surface area contributed by atoms with Gasteiger partial charge in [0, 0.05) is 31.4 Å². The Kier molecular flexibility index (Phi) is 6.67. The molecule has 2 aliphatic heterocycles. The number of rotatable bonds is 6. The molecule has 3 N–H and O–H groups in total. The number of nitrogens with one attached hydrogen (secondary N) is 3. The third-order valence-electron chi connectivity index (χ3n) is 4.81. The van der Waals surface area contributed by atoms with Crippen LogP contribution >= 0.6 is 0 Å². The Balaban J connectivity index is 1.56. The van der Waals surface area contributed by atoms with Crippen LogP contribution in [-0.2, 0) is 4.79 Å². The van der Waals surface area contributed by atoms with Gasteiger partial charge in [-0.25, -0.2) is 9.18 Å². The highest BCUT2D eigenvalue weighted by Gasteiger charge is 2.27. The second-order valence-electron chi connectivity index (χ2n) is 6.87. The zero-order valence-electron chi connectivity index (χ0n) is 16.1. The fourth-order valence-corrected chi connectivity index (χ4v) is 3.46. The highest BCUT2D eigenvalue weighted by molar-refractivity contribution is 6.01. The molecular weight excluding hydrogens is 363 g/mol. The highest BCUT2D eigenvalue weighted by atomic mass is 19.1. The van der Waals surface area contributed by atoms with Crippen LogP contribution in [-0.4, -0.2) is 68.1 Å². The van der Waals surface area contributed by atoms with Crippen LogP contribution < -0.4 is 20.9 Å². The van der Waals surface area contributed by atoms with Crippen molar-refractivity contribution in [3.05, 3.63) is 30.1 Å². The molecule has 0 spiro atoms. The average Bonchev–Trinajstić information content (AvgIpc) is 3.00. The Labute approximate surface area is 164 Å². The summed E-state index contributed by atoms with van der Waals surface area (Å²) >= 11 is 0. The molecule has 0 aromatic heterocycles. The Morgan fingerprint density at radius 3 is 2.96 bits per heavy atom. The topological polar surface area (TPSA) is 89.1 Å². The maximum absolute atomic E-state index is 13.5. The van der Waals surface area contributed by atoms with E-state index in [0.29, 0.717) is 19.0 Å². The van der Waals surface area contributed by atoms with Gasteiger partial charge in [-0.15, -0.1) is 0 Å². The lowest BCUT2D eigenvalue weighted by Crippen LogP contribution is -2.51. The summed E-state index contributed by atoms with van der Waals surface area (Å²) in [5, 5.41) is 9.11. The molecule has 1 atom stereocenters. The molecule has 1 aromatic rings. The third-order valence-corrected chi connectivity index (χ3v) is 4.81. The van der Waals surface area contributed by atoms with Gasteiger partial charge in [0.15, 0.2) is 5.96 Å². The van der Waals surface area contributed by atoms with E-state index in [0.717, 1.165) is 31.6 Å². The molecule has 2 heterocycles. The number of imide groups is 1. The van der Waals surface area contributed by atoms with Crippen molar-refractivity contribution in [3.8, 4) is 0 Å². The minimum Gasteiger partial charge on any atom is -0.369 e. The van der Waals surface area contributed by atoms with E-state index in [1.165, 1.54) is 11.0 Å². The predicted octanol–water partition coefficient (Wildman–Crippen LogP) is 0.901. The number of piperidine rings is 1. The van der Waals surface area contributed by atoms with Crippen LogP contribution in [0.3, 0.4) is 0 Å². The lowest BCUT2D eigenvalue weighted by molar-refractivity contribution is -0.124. The summed E-state index contributed by atoms with van der Waals surface area (Å²) in [6, 6.07) is 6.46. The van der Waals surface area contributed by atoms with E-state index >= 15 is 0 Å². The van der Waals surface area contributed by atoms with Crippen molar-refractivity contribution in [1.29, 1.82) is 0 Å². The normalized spacial score (nSPS) is 20.4. The maximum atomic E-state index is 13.5. The van der Waals surface area contributed by atoms with Gasteiger partial charge in [0.1, 0.15) is 5.82 Å². The smallest absolute Gasteiger partial charge is 0.324 e. The fourth-order valence-electron chi connectivity index (χ4n) is 3.46. The van der Waals surface area contributed by atoms with Crippen LogP contribution in [0.2, 0.25) is 0 Å². The molecule has 3 rings (SSSR count). The van der Waals surface area contributed by atoms with Gasteiger partial charge in [-0.05, 0) is 38.0 Å². The molecule has 9 heteroatoms. The van der Waals surface area contributed by atoms with E-state index in [4.69, 9.17) is 0 Å². The number of benzene rings is 1. The molecule has 0 saturated carbocycles. The molecular formula is C19H27FN6O2. The zero-order valence-corrected chi connectivity index (χ0v) is 16.1. The zero-order chi connectivity index (χ0) is 19.9. The first kappa shape index (κ1) is 19.9. The lowest BCUT2D eigenvalue weighted by Gasteiger charge is -2.35. The van der Waals surface area contributed by atoms with Crippen molar-refractivity contribution in [3.63, 3.8) is 0 Å². The van der Waals surface area contributed by atoms with Crippen molar-refractivity contribution in [1.82, 2.24) is 20.9 Å². The van der Waals surface area contributed by atoms with E-state index in [9.17, 15) is 14.0 Å². The molecule has 1 unspecified atom stereocenters. The number of halogens is 1. The van der Waals surface area contributed by atoms with E-state index in [1.54, 1.807) is 12.1 Å². The first-order chi connectivity index (χ1) is 13.6. The molecule has 0 aliphatic carbocycles. The number of aliphatic imine (C=N–C) groups is 1. The first-order valence-electron chi connectivity index (χ1n) is 9.70. The summed E-state index contributed by atoms with van der Waals surface area (Å²) < 4.78 is 13.5. The molecule has 0 bridgehead atoms. The molecule has 2 saturated heterocycles. The Hall–Kier alpha value is -2.84. The molecule has 152 valence electrons. The Morgan fingerprint density at radius 1 is 1.39 bits per heavy atom. The van der Waals surface area contributed by atoms with Gasteiger partial charge < -0.3 is 20.9 Å². The van der Waals surface area contributed by atoms with E-state index < -0.39 is 0 Å². The Morgan fingerprint density at radius 2 is 2.25 bits per heavy atom. The van der Waals surface area contributed by atoms with E-state index in [-0.39, 0.29) is 36.9 Å². The second kappa shape index (κ2) is 9.38. The largest absolute Gasteiger partial charge is 0.369 e. The monoisotopic (exact) mass is 390 g/mol. The Bertz CT molecular complexity index is 725. The van der Waals surface area contributed by atoms with Gasteiger partial charge in [-0.2, -0.15) is 0 Å². The van der Waals surface area contributed by atoms with Crippen LogP contribution in [0, 0.1) is 5.82 Å². The van der Waals surface area contributed by atoms with Crippen molar-refractivity contribution in [2.45, 2.75) is 25.8 Å². The number of anilines is 1. The van der Waals surface area contributed by atoms with Gasteiger partial charge in [0.25, 0.3) is 0 Å². The quantitative estimate of drug-likeness (QED) is 0.382.